The first-order valence-electron chi connectivity index (χ1n) is 8.86. The number of aromatic nitrogens is 2. The third-order valence-corrected chi connectivity index (χ3v) is 5.29. The van der Waals surface area contributed by atoms with Crippen LogP contribution in [0.25, 0.3) is 0 Å². The number of H-pyrrole nitrogens is 1. The lowest BCUT2D eigenvalue weighted by Crippen LogP contribution is -2.39. The molecular formula is C20H23N3O2. The summed E-state index contributed by atoms with van der Waals surface area (Å²) in [5, 5.41) is 6.93. The normalized spacial score (nSPS) is 23.8. The van der Waals surface area contributed by atoms with Crippen LogP contribution in [0.3, 0.4) is 0 Å². The highest BCUT2D eigenvalue weighted by molar-refractivity contribution is 5.93. The van der Waals surface area contributed by atoms with Crippen molar-refractivity contribution in [1.82, 2.24) is 10.2 Å². The Balaban J connectivity index is 1.43. The molecule has 0 saturated heterocycles. The lowest BCUT2D eigenvalue weighted by atomic mass is 9.93. The van der Waals surface area contributed by atoms with Crippen molar-refractivity contribution in [2.45, 2.75) is 19.8 Å². The Labute approximate surface area is 147 Å². The van der Waals surface area contributed by atoms with Gasteiger partial charge in [0.05, 0.1) is 6.20 Å². The Bertz CT molecular complexity index is 752. The highest BCUT2D eigenvalue weighted by Gasteiger charge is 2.37. The van der Waals surface area contributed by atoms with E-state index in [1.807, 2.05) is 37.3 Å². The van der Waals surface area contributed by atoms with Crippen LogP contribution in [0, 0.1) is 24.7 Å². The van der Waals surface area contributed by atoms with Crippen molar-refractivity contribution >= 4 is 11.7 Å². The van der Waals surface area contributed by atoms with E-state index < -0.39 is 0 Å². The van der Waals surface area contributed by atoms with Crippen LogP contribution < -0.4 is 9.64 Å². The van der Waals surface area contributed by atoms with Gasteiger partial charge in [-0.1, -0.05) is 29.8 Å². The number of aryl methyl sites for hydroxylation is 1. The zero-order valence-electron chi connectivity index (χ0n) is 14.4. The van der Waals surface area contributed by atoms with Gasteiger partial charge in [-0.25, -0.2) is 0 Å². The lowest BCUT2D eigenvalue weighted by Gasteiger charge is -2.27. The average molecular weight is 337 g/mol. The Morgan fingerprint density at radius 3 is 2.72 bits per heavy atom. The van der Waals surface area contributed by atoms with Gasteiger partial charge in [-0.15, -0.1) is 0 Å². The van der Waals surface area contributed by atoms with Crippen molar-refractivity contribution in [2.24, 2.45) is 17.8 Å². The Kier molecular flexibility index (Phi) is 4.30. The second-order valence-electron chi connectivity index (χ2n) is 7.09. The molecule has 1 heterocycles. The van der Waals surface area contributed by atoms with Gasteiger partial charge < -0.3 is 4.74 Å². The van der Waals surface area contributed by atoms with Crippen molar-refractivity contribution in [3.05, 3.63) is 54.2 Å². The van der Waals surface area contributed by atoms with Crippen molar-refractivity contribution in [1.29, 1.82) is 0 Å². The van der Waals surface area contributed by atoms with Crippen LogP contribution in [-0.4, -0.2) is 29.3 Å². The minimum atomic E-state index is -0.0448. The minimum Gasteiger partial charge on any atom is -0.484 e. The predicted octanol–water partition coefficient (Wildman–Crippen LogP) is 3.34. The van der Waals surface area contributed by atoms with Crippen molar-refractivity contribution in [3.8, 4) is 5.75 Å². The van der Waals surface area contributed by atoms with E-state index in [1.54, 1.807) is 11.1 Å². The minimum absolute atomic E-state index is 0.0265. The Morgan fingerprint density at radius 1 is 1.24 bits per heavy atom. The van der Waals surface area contributed by atoms with Crippen LogP contribution in [0.15, 0.2) is 48.7 Å². The molecule has 1 N–H and O–H groups in total. The van der Waals surface area contributed by atoms with Crippen molar-refractivity contribution in [3.63, 3.8) is 0 Å². The quantitative estimate of drug-likeness (QED) is 0.823. The van der Waals surface area contributed by atoms with Gasteiger partial charge in [0.1, 0.15) is 11.6 Å². The largest absolute Gasteiger partial charge is 0.484 e. The second kappa shape index (κ2) is 6.75. The molecule has 2 aromatic rings. The topological polar surface area (TPSA) is 58.2 Å². The van der Waals surface area contributed by atoms with E-state index in [0.717, 1.165) is 12.2 Å². The van der Waals surface area contributed by atoms with E-state index in [9.17, 15) is 4.79 Å². The van der Waals surface area contributed by atoms with Gasteiger partial charge in [0.25, 0.3) is 5.91 Å². The number of anilines is 1. The van der Waals surface area contributed by atoms with Gasteiger partial charge in [0.15, 0.2) is 6.61 Å². The number of allylic oxidation sites excluding steroid dienone is 2. The number of hydrogen-bond donors (Lipinski definition) is 1. The fourth-order valence-corrected chi connectivity index (χ4v) is 3.93. The molecule has 1 aromatic carbocycles. The number of ether oxygens (including phenoxy) is 1. The summed E-state index contributed by atoms with van der Waals surface area (Å²) in [4.78, 5) is 14.6. The van der Waals surface area contributed by atoms with Crippen LogP contribution in [0.2, 0.25) is 0 Å². The molecule has 0 aliphatic heterocycles. The first kappa shape index (κ1) is 15.9. The molecule has 3 unspecified atom stereocenters. The number of nitrogens with one attached hydrogen (secondary N) is 1. The molecule has 0 radical (unpaired) electrons. The van der Waals surface area contributed by atoms with E-state index in [2.05, 4.69) is 22.3 Å². The average Bonchev–Trinajstić information content (AvgIpc) is 3.36. The van der Waals surface area contributed by atoms with Crippen molar-refractivity contribution in [2.75, 3.05) is 18.1 Å². The summed E-state index contributed by atoms with van der Waals surface area (Å²) in [6.07, 6.45) is 8.71. The number of aromatic amines is 1. The molecule has 130 valence electrons. The van der Waals surface area contributed by atoms with Crippen LogP contribution in [0.1, 0.15) is 18.4 Å². The molecule has 5 nitrogen and oxygen atoms in total. The number of carbonyl (C=O) groups is 1. The molecule has 0 spiro atoms. The zero-order valence-corrected chi connectivity index (χ0v) is 14.4. The summed E-state index contributed by atoms with van der Waals surface area (Å²) in [5.41, 5.74) is 1.17. The smallest absolute Gasteiger partial charge is 0.266 e. The molecule has 2 aliphatic rings. The maximum Gasteiger partial charge on any atom is 0.266 e. The number of fused-ring (bicyclic) bond motifs is 2. The summed E-state index contributed by atoms with van der Waals surface area (Å²) in [5.74, 6) is 3.22. The highest BCUT2D eigenvalue weighted by Crippen LogP contribution is 2.43. The third kappa shape index (κ3) is 3.45. The Hall–Kier alpha value is -2.56. The van der Waals surface area contributed by atoms with E-state index in [1.165, 1.54) is 12.0 Å². The summed E-state index contributed by atoms with van der Waals surface area (Å²) >= 11 is 0. The summed E-state index contributed by atoms with van der Waals surface area (Å²) < 4.78 is 5.69. The fourth-order valence-electron chi connectivity index (χ4n) is 3.93. The molecule has 1 aromatic heterocycles. The standard InChI is InChI=1S/C20H23N3O2/c1-14-2-6-18(7-3-14)25-13-20(24)23(19-8-9-21-22-19)12-17-11-15-4-5-16(17)10-15/h2-9,15-17H,10-13H2,1H3,(H,21,22). The van der Waals surface area contributed by atoms with E-state index in [4.69, 9.17) is 4.74 Å². The van der Waals surface area contributed by atoms with Gasteiger partial charge in [0, 0.05) is 12.6 Å². The van der Waals surface area contributed by atoms with E-state index in [-0.39, 0.29) is 12.5 Å². The van der Waals surface area contributed by atoms with Gasteiger partial charge in [-0.2, -0.15) is 5.10 Å². The number of carbonyl (C=O) groups excluding carboxylic acids is 1. The first-order valence-corrected chi connectivity index (χ1v) is 8.86. The summed E-state index contributed by atoms with van der Waals surface area (Å²) in [6, 6.07) is 9.59. The fraction of sp³-hybridized carbons (Fsp3) is 0.400. The molecule has 3 atom stereocenters. The van der Waals surface area contributed by atoms with Crippen molar-refractivity contribution < 1.29 is 9.53 Å². The number of rotatable bonds is 6. The van der Waals surface area contributed by atoms with Crippen LogP contribution >= 0.6 is 0 Å². The van der Waals surface area contributed by atoms with Gasteiger partial charge in [-0.3, -0.25) is 14.8 Å². The molecule has 1 saturated carbocycles. The molecule has 5 heteroatoms. The lowest BCUT2D eigenvalue weighted by molar-refractivity contribution is -0.120. The molecule has 2 aliphatic carbocycles. The maximum atomic E-state index is 12.8. The van der Waals surface area contributed by atoms with Gasteiger partial charge >= 0.3 is 0 Å². The molecule has 1 amide bonds. The summed E-state index contributed by atoms with van der Waals surface area (Å²) in [6.45, 7) is 2.77. The number of amides is 1. The number of nitrogens with zero attached hydrogens (tertiary/aromatic N) is 2. The number of benzene rings is 1. The molecule has 25 heavy (non-hydrogen) atoms. The molecule has 2 bridgehead atoms. The highest BCUT2D eigenvalue weighted by atomic mass is 16.5. The Morgan fingerprint density at radius 2 is 2.08 bits per heavy atom. The first-order chi connectivity index (χ1) is 12.2. The summed E-state index contributed by atoms with van der Waals surface area (Å²) in [7, 11) is 0. The van der Waals surface area contributed by atoms with Crippen LogP contribution in [-0.2, 0) is 4.79 Å². The van der Waals surface area contributed by atoms with Crippen LogP contribution in [0.5, 0.6) is 5.75 Å². The maximum absolute atomic E-state index is 12.8. The predicted molar refractivity (Wildman–Crippen MR) is 96.5 cm³/mol. The zero-order chi connectivity index (χ0) is 17.2. The van der Waals surface area contributed by atoms with E-state index in [0.29, 0.717) is 30.0 Å². The monoisotopic (exact) mass is 337 g/mol. The second-order valence-corrected chi connectivity index (χ2v) is 7.09. The molecular weight excluding hydrogens is 314 g/mol. The van der Waals surface area contributed by atoms with E-state index >= 15 is 0 Å². The van der Waals surface area contributed by atoms with Crippen LogP contribution in [0.4, 0.5) is 5.82 Å². The SMILES string of the molecule is Cc1ccc(OCC(=O)N(CC2CC3C=CC2C3)c2ccn[nH]2)cc1. The van der Waals surface area contributed by atoms with Gasteiger partial charge in [-0.05, 0) is 49.7 Å². The third-order valence-electron chi connectivity index (χ3n) is 5.29. The number of hydrogen-bond acceptors (Lipinski definition) is 3. The molecule has 4 rings (SSSR count). The molecule has 1 fully saturated rings. The van der Waals surface area contributed by atoms with Gasteiger partial charge in [0.2, 0.25) is 0 Å².